The van der Waals surface area contributed by atoms with Crippen molar-refractivity contribution >= 4 is 17.5 Å². The third-order valence-corrected chi connectivity index (χ3v) is 7.68. The van der Waals surface area contributed by atoms with Gasteiger partial charge in [0.05, 0.1) is 39.0 Å². The first kappa shape index (κ1) is 26.3. The van der Waals surface area contributed by atoms with Crippen LogP contribution in [0.15, 0.2) is 60.7 Å². The van der Waals surface area contributed by atoms with Crippen LogP contribution in [0.3, 0.4) is 0 Å². The number of halogens is 1. The van der Waals surface area contributed by atoms with E-state index in [9.17, 15) is 14.0 Å². The number of ether oxygens (including phenoxy) is 3. The summed E-state index contributed by atoms with van der Waals surface area (Å²) in [5, 5.41) is 0. The largest absolute Gasteiger partial charge is 0.497 e. The van der Waals surface area contributed by atoms with Gasteiger partial charge < -0.3 is 28.9 Å². The number of carbonyl (C=O) groups is 2. The standard InChI is InChI=1S/C30H32FN3O5/c1-32-28(19-9-11-20(37-2)12-10-19)27(21-17-25(38-3)26(39-4)18-22(21)29(32)35)30(36)34-15-13-33(14-16-34)24-8-6-5-7-23(24)31/h5-12,17-18,27-28H,13-16H2,1-4H3/t27-,28-/m1/s1. The lowest BCUT2D eigenvalue weighted by molar-refractivity contribution is -0.134. The Kier molecular flexibility index (Phi) is 7.32. The average molecular weight is 534 g/mol. The number of carbonyl (C=O) groups excluding carboxylic acids is 2. The fourth-order valence-electron chi connectivity index (χ4n) is 5.61. The van der Waals surface area contributed by atoms with Crippen LogP contribution in [0.2, 0.25) is 0 Å². The first-order valence-corrected chi connectivity index (χ1v) is 12.8. The molecule has 2 amide bonds. The fraction of sp³-hybridized carbons (Fsp3) is 0.333. The molecule has 0 aromatic heterocycles. The van der Waals surface area contributed by atoms with E-state index >= 15 is 0 Å². The average Bonchev–Trinajstić information content (AvgIpc) is 2.98. The number of piperazine rings is 1. The fourth-order valence-corrected chi connectivity index (χ4v) is 5.61. The van der Waals surface area contributed by atoms with Crippen molar-refractivity contribution in [2.75, 3.05) is 59.5 Å². The molecule has 2 aliphatic heterocycles. The number of likely N-dealkylation sites (N-methyl/N-ethyl adjacent to an activating group) is 1. The summed E-state index contributed by atoms with van der Waals surface area (Å²) < 4.78 is 30.7. The normalized spacial score (nSPS) is 19.0. The van der Waals surface area contributed by atoms with Crippen molar-refractivity contribution in [2.45, 2.75) is 12.0 Å². The predicted molar refractivity (Wildman–Crippen MR) is 145 cm³/mol. The number of methoxy groups -OCH3 is 3. The molecule has 9 heteroatoms. The molecule has 0 saturated carbocycles. The molecule has 3 aromatic rings. The van der Waals surface area contributed by atoms with Gasteiger partial charge in [0, 0.05) is 38.8 Å². The van der Waals surface area contributed by atoms with E-state index in [0.717, 1.165) is 5.56 Å². The van der Waals surface area contributed by atoms with E-state index in [0.29, 0.717) is 60.2 Å². The number of fused-ring (bicyclic) bond motifs is 1. The van der Waals surface area contributed by atoms with Gasteiger partial charge in [0.2, 0.25) is 5.91 Å². The number of amides is 2. The number of hydrogen-bond donors (Lipinski definition) is 0. The zero-order valence-corrected chi connectivity index (χ0v) is 22.5. The molecule has 1 saturated heterocycles. The van der Waals surface area contributed by atoms with E-state index in [2.05, 4.69) is 0 Å². The zero-order valence-electron chi connectivity index (χ0n) is 22.5. The number of para-hydroxylation sites is 1. The molecular weight excluding hydrogens is 501 g/mol. The third-order valence-electron chi connectivity index (χ3n) is 7.68. The molecule has 5 rings (SSSR count). The van der Waals surface area contributed by atoms with E-state index < -0.39 is 12.0 Å². The van der Waals surface area contributed by atoms with E-state index in [1.54, 1.807) is 43.3 Å². The van der Waals surface area contributed by atoms with E-state index in [1.165, 1.54) is 20.3 Å². The van der Waals surface area contributed by atoms with Crippen LogP contribution < -0.4 is 19.1 Å². The molecule has 204 valence electrons. The Hall–Kier alpha value is -4.27. The van der Waals surface area contributed by atoms with Gasteiger partial charge in [-0.3, -0.25) is 9.59 Å². The summed E-state index contributed by atoms with van der Waals surface area (Å²) >= 11 is 0. The molecule has 39 heavy (non-hydrogen) atoms. The molecule has 0 radical (unpaired) electrons. The van der Waals surface area contributed by atoms with Gasteiger partial charge in [-0.1, -0.05) is 24.3 Å². The van der Waals surface area contributed by atoms with Gasteiger partial charge in [-0.2, -0.15) is 0 Å². The lowest BCUT2D eigenvalue weighted by Crippen LogP contribution is -2.53. The molecule has 0 bridgehead atoms. The Morgan fingerprint density at radius 3 is 2.13 bits per heavy atom. The van der Waals surface area contributed by atoms with Gasteiger partial charge in [-0.05, 0) is 47.5 Å². The van der Waals surface area contributed by atoms with Crippen LogP contribution in [-0.4, -0.2) is 76.2 Å². The van der Waals surface area contributed by atoms with Crippen LogP contribution in [0.5, 0.6) is 17.2 Å². The summed E-state index contributed by atoms with van der Waals surface area (Å²) in [6, 6.07) is 16.9. The highest BCUT2D eigenvalue weighted by Gasteiger charge is 2.45. The van der Waals surface area contributed by atoms with Crippen molar-refractivity contribution in [3.63, 3.8) is 0 Å². The summed E-state index contributed by atoms with van der Waals surface area (Å²) in [5.74, 6) is 0.282. The van der Waals surface area contributed by atoms with Gasteiger partial charge in [-0.25, -0.2) is 4.39 Å². The topological polar surface area (TPSA) is 71.5 Å². The smallest absolute Gasteiger partial charge is 0.254 e. The van der Waals surface area contributed by atoms with Gasteiger partial charge >= 0.3 is 0 Å². The molecule has 2 atom stereocenters. The van der Waals surface area contributed by atoms with E-state index in [4.69, 9.17) is 14.2 Å². The number of hydrogen-bond acceptors (Lipinski definition) is 6. The van der Waals surface area contributed by atoms with Crippen molar-refractivity contribution in [1.29, 1.82) is 0 Å². The molecule has 0 spiro atoms. The third kappa shape index (κ3) is 4.73. The summed E-state index contributed by atoms with van der Waals surface area (Å²) in [7, 11) is 6.35. The van der Waals surface area contributed by atoms with Crippen LogP contribution >= 0.6 is 0 Å². The minimum atomic E-state index is -0.684. The molecule has 2 aliphatic rings. The van der Waals surface area contributed by atoms with E-state index in [1.807, 2.05) is 40.1 Å². The van der Waals surface area contributed by atoms with Crippen LogP contribution in [0.4, 0.5) is 10.1 Å². The van der Waals surface area contributed by atoms with Crippen LogP contribution in [0.1, 0.15) is 33.4 Å². The maximum atomic E-state index is 14.4. The lowest BCUT2D eigenvalue weighted by atomic mass is 9.78. The van der Waals surface area contributed by atoms with Crippen LogP contribution in [-0.2, 0) is 4.79 Å². The van der Waals surface area contributed by atoms with E-state index in [-0.39, 0.29) is 17.6 Å². The Labute approximate surface area is 227 Å². The van der Waals surface area contributed by atoms with Gasteiger partial charge in [0.1, 0.15) is 11.6 Å². The molecule has 1 fully saturated rings. The molecular formula is C30H32FN3O5. The quantitative estimate of drug-likeness (QED) is 0.475. The Balaban J connectivity index is 1.53. The highest BCUT2D eigenvalue weighted by molar-refractivity contribution is 6.02. The second-order valence-electron chi connectivity index (χ2n) is 9.67. The van der Waals surface area contributed by atoms with Crippen molar-refractivity contribution in [3.05, 3.63) is 83.2 Å². The minimum absolute atomic E-state index is 0.100. The molecule has 8 nitrogen and oxygen atoms in total. The number of anilines is 1. The Morgan fingerprint density at radius 1 is 0.872 bits per heavy atom. The zero-order chi connectivity index (χ0) is 27.7. The molecule has 2 heterocycles. The second kappa shape index (κ2) is 10.8. The van der Waals surface area contributed by atoms with Gasteiger partial charge in [0.25, 0.3) is 5.91 Å². The highest BCUT2D eigenvalue weighted by atomic mass is 19.1. The lowest BCUT2D eigenvalue weighted by Gasteiger charge is -2.43. The Morgan fingerprint density at radius 2 is 1.51 bits per heavy atom. The van der Waals surface area contributed by atoms with Crippen LogP contribution in [0, 0.1) is 5.82 Å². The minimum Gasteiger partial charge on any atom is -0.497 e. The number of rotatable bonds is 6. The molecule has 0 aliphatic carbocycles. The van der Waals surface area contributed by atoms with Crippen molar-refractivity contribution in [1.82, 2.24) is 9.80 Å². The molecule has 0 unspecified atom stereocenters. The highest BCUT2D eigenvalue weighted by Crippen LogP contribution is 2.46. The summed E-state index contributed by atoms with van der Waals surface area (Å²) in [6.07, 6.45) is 0. The first-order chi connectivity index (χ1) is 18.9. The Bertz CT molecular complexity index is 1370. The SMILES string of the molecule is COc1ccc([C@@H]2[C@H](C(=O)N3CCN(c4ccccc4F)CC3)c3cc(OC)c(OC)cc3C(=O)N2C)cc1. The summed E-state index contributed by atoms with van der Waals surface area (Å²) in [4.78, 5) is 33.3. The van der Waals surface area contributed by atoms with Crippen LogP contribution in [0.25, 0.3) is 0 Å². The molecule has 3 aromatic carbocycles. The monoisotopic (exact) mass is 533 g/mol. The van der Waals surface area contributed by atoms with Crippen molar-refractivity contribution in [2.24, 2.45) is 0 Å². The van der Waals surface area contributed by atoms with Gasteiger partial charge in [-0.15, -0.1) is 0 Å². The summed E-state index contributed by atoms with van der Waals surface area (Å²) in [6.45, 7) is 1.86. The maximum Gasteiger partial charge on any atom is 0.254 e. The number of benzene rings is 3. The predicted octanol–water partition coefficient (Wildman–Crippen LogP) is 4.11. The molecule has 0 N–H and O–H groups in total. The summed E-state index contributed by atoms with van der Waals surface area (Å²) in [5.41, 5.74) is 2.35. The first-order valence-electron chi connectivity index (χ1n) is 12.8. The maximum absolute atomic E-state index is 14.4. The van der Waals surface area contributed by atoms with Crippen molar-refractivity contribution in [3.8, 4) is 17.2 Å². The second-order valence-corrected chi connectivity index (χ2v) is 9.67. The van der Waals surface area contributed by atoms with Crippen molar-refractivity contribution < 1.29 is 28.2 Å². The number of nitrogens with zero attached hydrogens (tertiary/aromatic N) is 3. The van der Waals surface area contributed by atoms with Gasteiger partial charge in [0.15, 0.2) is 11.5 Å².